The third kappa shape index (κ3) is 3.31. The van der Waals surface area contributed by atoms with E-state index in [1.807, 2.05) is 30.3 Å². The Hall–Kier alpha value is -3.08. The fourth-order valence-corrected chi connectivity index (χ4v) is 6.46. The predicted molar refractivity (Wildman–Crippen MR) is 121 cm³/mol. The highest BCUT2D eigenvalue weighted by Crippen LogP contribution is 2.45. The number of amides is 1. The van der Waals surface area contributed by atoms with E-state index < -0.39 is 27.2 Å². The minimum Gasteiger partial charge on any atom is -0.511 e. The number of hydrogen-bond donors (Lipinski definition) is 3. The van der Waals surface area contributed by atoms with Gasteiger partial charge in [0.15, 0.2) is 5.92 Å². The molecule has 0 spiro atoms. The van der Waals surface area contributed by atoms with Gasteiger partial charge in [0, 0.05) is 12.1 Å². The number of nitrogens with one attached hydrogen (secondary N) is 1. The second-order valence-corrected chi connectivity index (χ2v) is 10.1. The van der Waals surface area contributed by atoms with Gasteiger partial charge in [0.25, 0.3) is 10.0 Å². The Bertz CT molecular complexity index is 1300. The Kier molecular flexibility index (Phi) is 5.07. The second kappa shape index (κ2) is 7.80. The van der Waals surface area contributed by atoms with Gasteiger partial charge in [0.05, 0.1) is 12.3 Å². The molecule has 8 nitrogen and oxygen atoms in total. The first-order valence-corrected chi connectivity index (χ1v) is 12.2. The highest BCUT2D eigenvalue weighted by Gasteiger charge is 2.48. The zero-order valence-electron chi connectivity index (χ0n) is 16.7. The summed E-state index contributed by atoms with van der Waals surface area (Å²) in [4.78, 5) is 15.2. The standard InChI is InChI=1S/C22H19N3O5S2/c26-11-14-12-31-22-17(14)19(27)18(21(28)25(22)10-13-6-2-1-3-7-13)20-23-15-8-4-5-9-16(15)32(29,30)24-20/h1-9,12,18,22,26-27H,10-11H2,(H,23,24). The van der Waals surface area contributed by atoms with Crippen LogP contribution in [0, 0.1) is 5.92 Å². The number of benzene rings is 2. The first-order chi connectivity index (χ1) is 15.4. The van der Waals surface area contributed by atoms with Crippen molar-refractivity contribution >= 4 is 39.2 Å². The van der Waals surface area contributed by atoms with Crippen molar-refractivity contribution in [1.29, 1.82) is 0 Å². The Morgan fingerprint density at radius 2 is 1.81 bits per heavy atom. The van der Waals surface area contributed by atoms with Crippen LogP contribution in [0.4, 0.5) is 5.69 Å². The summed E-state index contributed by atoms with van der Waals surface area (Å²) in [5.74, 6) is -2.26. The van der Waals surface area contributed by atoms with Crippen LogP contribution in [-0.4, -0.2) is 47.3 Å². The van der Waals surface area contributed by atoms with Crippen LogP contribution in [-0.2, 0) is 21.4 Å². The maximum absolute atomic E-state index is 13.6. The van der Waals surface area contributed by atoms with E-state index in [9.17, 15) is 23.4 Å². The van der Waals surface area contributed by atoms with E-state index in [1.165, 1.54) is 17.8 Å². The average molecular weight is 470 g/mol. The second-order valence-electron chi connectivity index (χ2n) is 7.55. The summed E-state index contributed by atoms with van der Waals surface area (Å²) in [6, 6.07) is 15.6. The molecular weight excluding hydrogens is 450 g/mol. The molecule has 0 saturated heterocycles. The van der Waals surface area contributed by atoms with Crippen LogP contribution in [0.2, 0.25) is 0 Å². The van der Waals surface area contributed by atoms with Gasteiger partial charge in [0.1, 0.15) is 21.9 Å². The number of sulfonamides is 1. The van der Waals surface area contributed by atoms with Gasteiger partial charge in [-0.15, -0.1) is 16.2 Å². The topological polar surface area (TPSA) is 119 Å². The fraction of sp³-hybridized carbons (Fsp3) is 0.182. The molecule has 3 aliphatic rings. The minimum absolute atomic E-state index is 0.00512. The van der Waals surface area contributed by atoms with Crippen molar-refractivity contribution in [1.82, 2.24) is 4.90 Å². The minimum atomic E-state index is -4.05. The van der Waals surface area contributed by atoms with Crippen molar-refractivity contribution in [2.45, 2.75) is 16.8 Å². The predicted octanol–water partition coefficient (Wildman–Crippen LogP) is 2.62. The van der Waals surface area contributed by atoms with Crippen LogP contribution in [0.15, 0.2) is 86.2 Å². The molecule has 0 saturated carbocycles. The lowest BCUT2D eigenvalue weighted by Gasteiger charge is -2.38. The molecule has 2 aromatic rings. The summed E-state index contributed by atoms with van der Waals surface area (Å²) >= 11 is 1.32. The van der Waals surface area contributed by atoms with Gasteiger partial charge in [-0.05, 0) is 28.7 Å². The van der Waals surface area contributed by atoms with Gasteiger partial charge in [-0.1, -0.05) is 42.5 Å². The van der Waals surface area contributed by atoms with Gasteiger partial charge in [-0.2, -0.15) is 8.42 Å². The summed E-state index contributed by atoms with van der Waals surface area (Å²) < 4.78 is 29.3. The average Bonchev–Trinajstić information content (AvgIpc) is 3.21. The maximum Gasteiger partial charge on any atom is 0.286 e. The third-order valence-electron chi connectivity index (χ3n) is 5.58. The number of aliphatic hydroxyl groups is 2. The van der Waals surface area contributed by atoms with E-state index in [0.29, 0.717) is 16.8 Å². The number of fused-ring (bicyclic) bond motifs is 2. The van der Waals surface area contributed by atoms with Crippen LogP contribution < -0.4 is 5.32 Å². The smallest absolute Gasteiger partial charge is 0.286 e. The molecule has 0 radical (unpaired) electrons. The number of thioether (sulfide) groups is 1. The number of anilines is 1. The van der Waals surface area contributed by atoms with E-state index in [2.05, 4.69) is 9.71 Å². The zero-order chi connectivity index (χ0) is 22.5. The number of carbonyl (C=O) groups excluding carboxylic acids is 1. The molecule has 0 aromatic heterocycles. The summed E-state index contributed by atoms with van der Waals surface area (Å²) in [6.07, 6.45) is 0. The molecule has 2 aromatic carbocycles. The fourth-order valence-electron chi connectivity index (χ4n) is 4.08. The molecule has 10 heteroatoms. The number of amidine groups is 1. The molecule has 3 N–H and O–H groups in total. The van der Waals surface area contributed by atoms with Gasteiger partial charge < -0.3 is 20.4 Å². The molecule has 2 unspecified atom stereocenters. The number of nitrogens with zero attached hydrogens (tertiary/aromatic N) is 2. The molecule has 3 aliphatic heterocycles. The van der Waals surface area contributed by atoms with Gasteiger partial charge >= 0.3 is 0 Å². The quantitative estimate of drug-likeness (QED) is 0.630. The highest BCUT2D eigenvalue weighted by molar-refractivity contribution is 8.03. The number of hydrogen-bond acceptors (Lipinski definition) is 7. The number of para-hydroxylation sites is 1. The lowest BCUT2D eigenvalue weighted by atomic mass is 9.91. The Balaban J connectivity index is 1.61. The molecule has 0 bridgehead atoms. The summed E-state index contributed by atoms with van der Waals surface area (Å²) in [5.41, 5.74) is 2.08. The molecule has 0 fully saturated rings. The zero-order valence-corrected chi connectivity index (χ0v) is 18.3. The Morgan fingerprint density at radius 1 is 1.09 bits per heavy atom. The largest absolute Gasteiger partial charge is 0.511 e. The Morgan fingerprint density at radius 3 is 2.56 bits per heavy atom. The number of carbonyl (C=O) groups is 1. The first kappa shape index (κ1) is 20.8. The first-order valence-electron chi connectivity index (χ1n) is 9.85. The molecule has 5 rings (SSSR count). The molecule has 32 heavy (non-hydrogen) atoms. The summed E-state index contributed by atoms with van der Waals surface area (Å²) in [7, 11) is -4.05. The molecule has 0 aliphatic carbocycles. The monoisotopic (exact) mass is 469 g/mol. The van der Waals surface area contributed by atoms with Crippen LogP contribution in [0.1, 0.15) is 5.56 Å². The van der Waals surface area contributed by atoms with Crippen LogP contribution in [0.25, 0.3) is 0 Å². The van der Waals surface area contributed by atoms with Crippen molar-refractivity contribution < 1.29 is 23.4 Å². The summed E-state index contributed by atoms with van der Waals surface area (Å²) in [6.45, 7) is -0.0577. The molecule has 1 amide bonds. The van der Waals surface area contributed by atoms with Crippen molar-refractivity contribution in [2.24, 2.45) is 10.3 Å². The van der Waals surface area contributed by atoms with E-state index in [-0.39, 0.29) is 29.6 Å². The van der Waals surface area contributed by atoms with E-state index in [0.717, 1.165) is 5.56 Å². The van der Waals surface area contributed by atoms with Gasteiger partial charge in [-0.25, -0.2) is 0 Å². The molecule has 3 heterocycles. The van der Waals surface area contributed by atoms with Crippen LogP contribution in [0.3, 0.4) is 0 Å². The lowest BCUT2D eigenvalue weighted by Crippen LogP contribution is -2.51. The SMILES string of the molecule is O=C1C(C2=NS(=O)(=O)c3ccccc3N2)C(O)=C2C(CO)=CSC2N1Cc1ccccc1. The molecule has 164 valence electrons. The number of rotatable bonds is 4. The van der Waals surface area contributed by atoms with E-state index in [1.54, 1.807) is 28.5 Å². The number of aliphatic hydroxyl groups excluding tert-OH is 2. The maximum atomic E-state index is 13.6. The van der Waals surface area contributed by atoms with Crippen molar-refractivity contribution in [3.05, 3.63) is 82.5 Å². The van der Waals surface area contributed by atoms with Crippen molar-refractivity contribution in [3.63, 3.8) is 0 Å². The third-order valence-corrected chi connectivity index (χ3v) is 8.10. The van der Waals surface area contributed by atoms with Gasteiger partial charge in [-0.3, -0.25) is 4.79 Å². The lowest BCUT2D eigenvalue weighted by molar-refractivity contribution is -0.135. The highest BCUT2D eigenvalue weighted by atomic mass is 32.2. The molecular formula is C22H19N3O5S2. The van der Waals surface area contributed by atoms with E-state index in [4.69, 9.17) is 0 Å². The van der Waals surface area contributed by atoms with E-state index >= 15 is 0 Å². The normalized spacial score (nSPS) is 23.8. The van der Waals surface area contributed by atoms with Crippen molar-refractivity contribution in [3.8, 4) is 0 Å². The van der Waals surface area contributed by atoms with Crippen LogP contribution in [0.5, 0.6) is 0 Å². The Labute approximate surface area is 189 Å². The van der Waals surface area contributed by atoms with Gasteiger partial charge in [0.2, 0.25) is 5.91 Å². The summed E-state index contributed by atoms with van der Waals surface area (Å²) in [5, 5.41) is 25.0. The molecule has 2 atom stereocenters. The van der Waals surface area contributed by atoms with Crippen LogP contribution >= 0.6 is 11.8 Å². The van der Waals surface area contributed by atoms with Crippen molar-refractivity contribution in [2.75, 3.05) is 11.9 Å².